The van der Waals surface area contributed by atoms with Crippen molar-refractivity contribution < 1.29 is 9.18 Å². The minimum atomic E-state index is -0.210. The Hall–Kier alpha value is -3.44. The molecule has 1 fully saturated rings. The third-order valence-corrected chi connectivity index (χ3v) is 7.45. The van der Waals surface area contributed by atoms with E-state index in [2.05, 4.69) is 64.2 Å². The van der Waals surface area contributed by atoms with Gasteiger partial charge in [-0.3, -0.25) is 9.69 Å². The molecule has 0 radical (unpaired) electrons. The topological polar surface area (TPSA) is 37.3 Å². The number of nitrogens with one attached hydrogen (secondary N) is 1. The normalized spacial score (nSPS) is 15.7. The number of benzene rings is 3. The number of halogens is 1. The van der Waals surface area contributed by atoms with E-state index in [0.717, 1.165) is 38.0 Å². The first kappa shape index (κ1) is 24.3. The summed E-state index contributed by atoms with van der Waals surface area (Å²) in [6.45, 7) is 6.20. The average molecular weight is 484 g/mol. The predicted octanol–water partition coefficient (Wildman–Crippen LogP) is 5.96. The number of rotatable bonds is 8. The minimum absolute atomic E-state index is 0.0781. The third-order valence-electron chi connectivity index (χ3n) is 7.45. The van der Waals surface area contributed by atoms with Gasteiger partial charge in [0.25, 0.3) is 0 Å². The summed E-state index contributed by atoms with van der Waals surface area (Å²) in [5.41, 5.74) is 4.78. The number of piperidine rings is 1. The largest absolute Gasteiger partial charge is 0.355 e. The van der Waals surface area contributed by atoms with Crippen LogP contribution in [0.5, 0.6) is 0 Å². The molecule has 1 N–H and O–H groups in total. The van der Waals surface area contributed by atoms with Gasteiger partial charge in [-0.05, 0) is 72.6 Å². The van der Waals surface area contributed by atoms with Crippen LogP contribution in [-0.4, -0.2) is 35.0 Å². The smallest absolute Gasteiger partial charge is 0.223 e. The number of carbonyl (C=O) groups excluding carboxylic acids is 1. The predicted molar refractivity (Wildman–Crippen MR) is 143 cm³/mol. The average Bonchev–Trinajstić information content (AvgIpc) is 3.26. The minimum Gasteiger partial charge on any atom is -0.355 e. The molecule has 4 nitrogen and oxygen atoms in total. The van der Waals surface area contributed by atoms with Crippen molar-refractivity contribution in [2.75, 3.05) is 19.6 Å². The summed E-state index contributed by atoms with van der Waals surface area (Å²) in [5, 5.41) is 4.40. The number of para-hydroxylation sites is 1. The van der Waals surface area contributed by atoms with Crippen LogP contribution >= 0.6 is 0 Å². The van der Waals surface area contributed by atoms with Crippen molar-refractivity contribution in [3.05, 3.63) is 108 Å². The van der Waals surface area contributed by atoms with Crippen molar-refractivity contribution in [1.82, 2.24) is 14.8 Å². The SMILES string of the molecule is CC(CNC(=O)C1CCN(Cc2cc3ccccc3n2Cc2ccc(F)cc2)CC1)c1ccccc1. The Morgan fingerprint density at radius 1 is 0.944 bits per heavy atom. The quantitative estimate of drug-likeness (QED) is 0.336. The molecule has 2 heterocycles. The lowest BCUT2D eigenvalue weighted by Gasteiger charge is -2.31. The Kier molecular flexibility index (Phi) is 7.47. The maximum absolute atomic E-state index is 13.4. The second-order valence-electron chi connectivity index (χ2n) is 10.0. The Morgan fingerprint density at radius 3 is 2.39 bits per heavy atom. The zero-order valence-electron chi connectivity index (χ0n) is 20.9. The number of hydrogen-bond acceptors (Lipinski definition) is 2. The highest BCUT2D eigenvalue weighted by molar-refractivity contribution is 5.81. The van der Waals surface area contributed by atoms with Crippen molar-refractivity contribution in [3.8, 4) is 0 Å². The molecule has 1 atom stereocenters. The molecule has 36 heavy (non-hydrogen) atoms. The van der Waals surface area contributed by atoms with Gasteiger partial charge in [-0.15, -0.1) is 0 Å². The van der Waals surface area contributed by atoms with Gasteiger partial charge in [0.15, 0.2) is 0 Å². The summed E-state index contributed by atoms with van der Waals surface area (Å²) < 4.78 is 15.8. The number of fused-ring (bicyclic) bond motifs is 1. The summed E-state index contributed by atoms with van der Waals surface area (Å²) in [6, 6.07) is 27.8. The number of amides is 1. The highest BCUT2D eigenvalue weighted by Crippen LogP contribution is 2.25. The number of aromatic nitrogens is 1. The van der Waals surface area contributed by atoms with Crippen LogP contribution in [-0.2, 0) is 17.9 Å². The van der Waals surface area contributed by atoms with Gasteiger partial charge in [0.05, 0.1) is 0 Å². The fraction of sp³-hybridized carbons (Fsp3) is 0.323. The molecule has 1 aliphatic heterocycles. The fourth-order valence-corrected chi connectivity index (χ4v) is 5.24. The molecule has 0 saturated carbocycles. The summed E-state index contributed by atoms with van der Waals surface area (Å²) in [5.74, 6) is 0.355. The van der Waals surface area contributed by atoms with E-state index in [1.165, 1.54) is 34.3 Å². The molecule has 186 valence electrons. The molecule has 1 saturated heterocycles. The molecule has 1 unspecified atom stereocenters. The first-order chi connectivity index (χ1) is 17.6. The molecule has 1 aromatic heterocycles. The number of hydrogen-bond donors (Lipinski definition) is 1. The zero-order valence-corrected chi connectivity index (χ0v) is 20.9. The zero-order chi connectivity index (χ0) is 24.9. The highest BCUT2D eigenvalue weighted by atomic mass is 19.1. The molecule has 0 aliphatic carbocycles. The molecular formula is C31H34FN3O. The van der Waals surface area contributed by atoms with Gasteiger partial charge in [0, 0.05) is 36.8 Å². The van der Waals surface area contributed by atoms with Crippen LogP contribution < -0.4 is 5.32 Å². The van der Waals surface area contributed by atoms with Gasteiger partial charge in [-0.25, -0.2) is 4.39 Å². The van der Waals surface area contributed by atoms with Crippen LogP contribution in [0, 0.1) is 11.7 Å². The van der Waals surface area contributed by atoms with E-state index in [-0.39, 0.29) is 17.6 Å². The van der Waals surface area contributed by atoms with Crippen LogP contribution in [0.3, 0.4) is 0 Å². The lowest BCUT2D eigenvalue weighted by Crippen LogP contribution is -2.41. The molecular weight excluding hydrogens is 449 g/mol. The fourth-order valence-electron chi connectivity index (χ4n) is 5.24. The van der Waals surface area contributed by atoms with Crippen molar-refractivity contribution in [2.24, 2.45) is 5.92 Å². The van der Waals surface area contributed by atoms with E-state index in [4.69, 9.17) is 0 Å². The van der Waals surface area contributed by atoms with Gasteiger partial charge >= 0.3 is 0 Å². The summed E-state index contributed by atoms with van der Waals surface area (Å²) in [4.78, 5) is 15.3. The molecule has 5 rings (SSSR count). The van der Waals surface area contributed by atoms with Crippen LogP contribution in [0.1, 0.15) is 42.5 Å². The molecule has 4 aromatic rings. The second kappa shape index (κ2) is 11.1. The molecule has 1 aliphatic rings. The molecule has 5 heteroatoms. The standard InChI is InChI=1S/C31H34FN3O/c1-23(25-7-3-2-4-8-25)20-33-31(36)26-15-17-34(18-16-26)22-29-19-27-9-5-6-10-30(27)35(29)21-24-11-13-28(32)14-12-24/h2-14,19,23,26H,15-18,20-22H2,1H3,(H,33,36). The van der Waals surface area contributed by atoms with Crippen molar-refractivity contribution in [3.63, 3.8) is 0 Å². The van der Waals surface area contributed by atoms with Gasteiger partial charge in [0.2, 0.25) is 5.91 Å². The van der Waals surface area contributed by atoms with E-state index in [9.17, 15) is 9.18 Å². The molecule has 1 amide bonds. The molecule has 0 bridgehead atoms. The Labute approximate surface area is 212 Å². The first-order valence-electron chi connectivity index (χ1n) is 12.9. The van der Waals surface area contributed by atoms with Crippen molar-refractivity contribution in [1.29, 1.82) is 0 Å². The van der Waals surface area contributed by atoms with E-state index in [1.54, 1.807) is 0 Å². The lowest BCUT2D eigenvalue weighted by atomic mass is 9.95. The first-order valence-corrected chi connectivity index (χ1v) is 12.9. The Balaban J connectivity index is 1.19. The summed E-state index contributed by atoms with van der Waals surface area (Å²) in [6.07, 6.45) is 1.76. The van der Waals surface area contributed by atoms with E-state index >= 15 is 0 Å². The van der Waals surface area contributed by atoms with Gasteiger partial charge in [0.1, 0.15) is 5.82 Å². The number of likely N-dealkylation sites (tertiary alicyclic amines) is 1. The van der Waals surface area contributed by atoms with Gasteiger partial charge in [-0.1, -0.05) is 67.6 Å². The highest BCUT2D eigenvalue weighted by Gasteiger charge is 2.26. The Morgan fingerprint density at radius 2 is 1.64 bits per heavy atom. The monoisotopic (exact) mass is 483 g/mol. The third kappa shape index (κ3) is 5.68. The second-order valence-corrected chi connectivity index (χ2v) is 10.0. The van der Waals surface area contributed by atoms with E-state index in [0.29, 0.717) is 19.0 Å². The molecule has 0 spiro atoms. The number of carbonyl (C=O) groups is 1. The van der Waals surface area contributed by atoms with E-state index in [1.807, 2.05) is 30.3 Å². The lowest BCUT2D eigenvalue weighted by molar-refractivity contribution is -0.126. The summed E-state index contributed by atoms with van der Waals surface area (Å²) >= 11 is 0. The number of nitrogens with zero attached hydrogens (tertiary/aromatic N) is 2. The van der Waals surface area contributed by atoms with Gasteiger partial charge in [-0.2, -0.15) is 0 Å². The van der Waals surface area contributed by atoms with Crippen LogP contribution in [0.2, 0.25) is 0 Å². The van der Waals surface area contributed by atoms with Crippen molar-refractivity contribution in [2.45, 2.75) is 38.8 Å². The molecule has 3 aromatic carbocycles. The van der Waals surface area contributed by atoms with Crippen LogP contribution in [0.4, 0.5) is 4.39 Å². The maximum atomic E-state index is 13.4. The Bertz CT molecular complexity index is 1290. The summed E-state index contributed by atoms with van der Waals surface area (Å²) in [7, 11) is 0. The van der Waals surface area contributed by atoms with Crippen molar-refractivity contribution >= 4 is 16.8 Å². The van der Waals surface area contributed by atoms with Crippen LogP contribution in [0.15, 0.2) is 84.9 Å². The maximum Gasteiger partial charge on any atom is 0.223 e. The van der Waals surface area contributed by atoms with Gasteiger partial charge < -0.3 is 9.88 Å². The van der Waals surface area contributed by atoms with Crippen LogP contribution in [0.25, 0.3) is 10.9 Å². The van der Waals surface area contributed by atoms with E-state index < -0.39 is 0 Å².